The Hall–Kier alpha value is -2.13. The van der Waals surface area contributed by atoms with E-state index < -0.39 is 66.0 Å². The van der Waals surface area contributed by atoms with E-state index in [1.165, 1.54) is 17.0 Å². The molecule has 1 saturated heterocycles. The zero-order chi connectivity index (χ0) is 31.0. The molecule has 4 rings (SSSR count). The van der Waals surface area contributed by atoms with Gasteiger partial charge in [-0.05, 0) is 62.5 Å². The van der Waals surface area contributed by atoms with E-state index in [2.05, 4.69) is 17.2 Å². The molecule has 9 nitrogen and oxygen atoms in total. The number of rotatable bonds is 9. The molecule has 0 aromatic heterocycles. The highest BCUT2D eigenvalue weighted by molar-refractivity contribution is 7.59. The van der Waals surface area contributed by atoms with Gasteiger partial charge in [-0.3, -0.25) is 14.2 Å². The Labute approximate surface area is 256 Å². The maximum atomic E-state index is 14.6. The second-order valence-corrected chi connectivity index (χ2v) is 15.9. The van der Waals surface area contributed by atoms with Crippen LogP contribution in [0.4, 0.5) is 9.18 Å². The molecule has 1 heterocycles. The quantitative estimate of drug-likeness (QED) is 0.172. The molecule has 3 aliphatic rings. The minimum absolute atomic E-state index is 0.0384. The average molecular weight is 647 g/mol. The van der Waals surface area contributed by atoms with Crippen molar-refractivity contribution in [2.24, 2.45) is 11.3 Å². The predicted molar refractivity (Wildman–Crippen MR) is 159 cm³/mol. The molecule has 2 saturated carbocycles. The molecule has 1 aromatic carbocycles. The van der Waals surface area contributed by atoms with Gasteiger partial charge in [-0.15, -0.1) is 6.58 Å². The highest BCUT2D eigenvalue weighted by atomic mass is 35.5. The molecular formula is C29H39Cl2FN3O6P. The van der Waals surface area contributed by atoms with E-state index >= 15 is 0 Å². The standard InChI is InChI=1S/C29H39Cl2FN3O6P/c1-5-17-15-29(17,42(39,40)16-19-21(32)13-12-20(30)23(19)31)34-25(36)22-11-8-14-35(22)26(37)24(28(2,3)4)33-27(38)41-18-9-6-7-10-18/h5,12-13,17-18,22,24H,1,6-11,14-16H2,2-4H3,(H,33,38)(H,34,36)(H,39,40)/t17-,22+,24?,29+/m1/s1. The maximum Gasteiger partial charge on any atom is 0.408 e. The Balaban J connectivity index is 1.51. The first-order chi connectivity index (χ1) is 19.6. The third kappa shape index (κ3) is 6.67. The Kier molecular flexibility index (Phi) is 9.73. The molecule has 232 valence electrons. The van der Waals surface area contributed by atoms with Crippen molar-refractivity contribution in [2.45, 2.75) is 95.3 Å². The number of alkyl carbamates (subject to hydrolysis) is 1. The number of likely N-dealkylation sites (tertiary alicyclic amines) is 1. The van der Waals surface area contributed by atoms with E-state index in [1.54, 1.807) is 0 Å². The van der Waals surface area contributed by atoms with Crippen molar-refractivity contribution >= 4 is 48.5 Å². The van der Waals surface area contributed by atoms with Crippen molar-refractivity contribution in [1.29, 1.82) is 0 Å². The molecule has 2 unspecified atom stereocenters. The molecular weight excluding hydrogens is 607 g/mol. The second-order valence-electron chi connectivity index (χ2n) is 12.6. The van der Waals surface area contributed by atoms with E-state index in [0.29, 0.717) is 12.8 Å². The zero-order valence-corrected chi connectivity index (χ0v) is 26.5. The molecule has 1 aliphatic heterocycles. The molecule has 1 aromatic rings. The highest BCUT2D eigenvalue weighted by Gasteiger charge is 2.65. The number of nitrogens with zero attached hydrogens (tertiary/aromatic N) is 1. The van der Waals surface area contributed by atoms with E-state index in [1.807, 2.05) is 20.8 Å². The van der Waals surface area contributed by atoms with Crippen molar-refractivity contribution in [3.8, 4) is 0 Å². The Bertz CT molecular complexity index is 1300. The molecule has 0 spiro atoms. The van der Waals surface area contributed by atoms with Crippen LogP contribution in [0.3, 0.4) is 0 Å². The highest BCUT2D eigenvalue weighted by Crippen LogP contribution is 2.71. The fourth-order valence-corrected chi connectivity index (χ4v) is 8.88. The van der Waals surface area contributed by atoms with Gasteiger partial charge >= 0.3 is 6.09 Å². The van der Waals surface area contributed by atoms with Crippen molar-refractivity contribution < 1.29 is 33.0 Å². The number of ether oxygens (including phenoxy) is 1. The third-order valence-corrected chi connectivity index (χ3v) is 12.0. The lowest BCUT2D eigenvalue weighted by atomic mass is 9.85. The van der Waals surface area contributed by atoms with Crippen LogP contribution in [0.15, 0.2) is 24.8 Å². The summed E-state index contributed by atoms with van der Waals surface area (Å²) in [5.41, 5.74) is -0.901. The number of benzene rings is 1. The molecule has 3 fully saturated rings. The lowest BCUT2D eigenvalue weighted by Crippen LogP contribution is -2.58. The Morgan fingerprint density at radius 1 is 1.24 bits per heavy atom. The van der Waals surface area contributed by atoms with Crippen LogP contribution in [0.5, 0.6) is 0 Å². The number of amides is 3. The van der Waals surface area contributed by atoms with Crippen LogP contribution in [0, 0.1) is 17.2 Å². The van der Waals surface area contributed by atoms with Gasteiger partial charge in [0.05, 0.1) is 16.2 Å². The predicted octanol–water partition coefficient (Wildman–Crippen LogP) is 6.00. The normalized spacial score (nSPS) is 26.3. The number of carbonyl (C=O) groups excluding carboxylic acids is 3. The van der Waals surface area contributed by atoms with Gasteiger partial charge < -0.3 is 25.2 Å². The van der Waals surface area contributed by atoms with Gasteiger partial charge in [0.2, 0.25) is 19.2 Å². The summed E-state index contributed by atoms with van der Waals surface area (Å²) in [4.78, 5) is 52.9. The summed E-state index contributed by atoms with van der Waals surface area (Å²) < 4.78 is 33.9. The molecule has 0 bridgehead atoms. The molecule has 13 heteroatoms. The monoisotopic (exact) mass is 645 g/mol. The lowest BCUT2D eigenvalue weighted by molar-refractivity contribution is -0.142. The fraction of sp³-hybridized carbons (Fsp3) is 0.621. The van der Waals surface area contributed by atoms with Crippen LogP contribution in [-0.2, 0) is 25.1 Å². The van der Waals surface area contributed by atoms with Gasteiger partial charge in [0, 0.05) is 18.0 Å². The van der Waals surface area contributed by atoms with Crippen LogP contribution in [0.25, 0.3) is 0 Å². The van der Waals surface area contributed by atoms with E-state index in [9.17, 15) is 28.2 Å². The van der Waals surface area contributed by atoms with Crippen LogP contribution in [0.1, 0.15) is 71.3 Å². The number of hydrogen-bond donors (Lipinski definition) is 3. The Morgan fingerprint density at radius 2 is 1.90 bits per heavy atom. The molecule has 3 amide bonds. The molecule has 3 N–H and O–H groups in total. The number of carbonyl (C=O) groups is 3. The number of halogens is 3. The van der Waals surface area contributed by atoms with Gasteiger partial charge in [0.1, 0.15) is 29.3 Å². The van der Waals surface area contributed by atoms with E-state index in [4.69, 9.17) is 27.9 Å². The first kappa shape index (κ1) is 32.8. The number of nitrogens with one attached hydrogen (secondary N) is 2. The fourth-order valence-electron chi connectivity index (χ4n) is 5.98. The summed E-state index contributed by atoms with van der Waals surface area (Å²) in [6.45, 7) is 9.44. The van der Waals surface area contributed by atoms with Gasteiger partial charge in [0.15, 0.2) is 0 Å². The largest absolute Gasteiger partial charge is 0.446 e. The Morgan fingerprint density at radius 3 is 2.50 bits per heavy atom. The van der Waals surface area contributed by atoms with Crippen LogP contribution in [0.2, 0.25) is 10.0 Å². The van der Waals surface area contributed by atoms with Crippen LogP contribution < -0.4 is 10.6 Å². The summed E-state index contributed by atoms with van der Waals surface area (Å²) in [5, 5.41) is 3.76. The summed E-state index contributed by atoms with van der Waals surface area (Å²) in [5.74, 6) is -2.36. The van der Waals surface area contributed by atoms with Crippen molar-refractivity contribution in [2.75, 3.05) is 6.54 Å². The summed E-state index contributed by atoms with van der Waals surface area (Å²) >= 11 is 12.2. The smallest absolute Gasteiger partial charge is 0.408 e. The molecule has 2 aliphatic carbocycles. The number of hydrogen-bond acceptors (Lipinski definition) is 5. The summed E-state index contributed by atoms with van der Waals surface area (Å²) in [6, 6.07) is 0.432. The van der Waals surface area contributed by atoms with Crippen LogP contribution in [-0.4, -0.2) is 57.7 Å². The minimum Gasteiger partial charge on any atom is -0.446 e. The first-order valence-corrected chi connectivity index (χ1v) is 16.9. The van der Waals surface area contributed by atoms with Crippen LogP contribution >= 0.6 is 30.6 Å². The van der Waals surface area contributed by atoms with Crippen molar-refractivity contribution in [1.82, 2.24) is 15.5 Å². The average Bonchev–Trinajstić information content (AvgIpc) is 3.24. The van der Waals surface area contributed by atoms with Crippen molar-refractivity contribution in [3.63, 3.8) is 0 Å². The maximum absolute atomic E-state index is 14.6. The van der Waals surface area contributed by atoms with Gasteiger partial charge in [0.25, 0.3) is 0 Å². The third-order valence-electron chi connectivity index (χ3n) is 8.53. The minimum atomic E-state index is -4.33. The van der Waals surface area contributed by atoms with E-state index in [0.717, 1.165) is 31.7 Å². The van der Waals surface area contributed by atoms with Gasteiger partial charge in [-0.25, -0.2) is 9.18 Å². The lowest BCUT2D eigenvalue weighted by Gasteiger charge is -2.36. The van der Waals surface area contributed by atoms with Crippen molar-refractivity contribution in [3.05, 3.63) is 46.2 Å². The van der Waals surface area contributed by atoms with E-state index in [-0.39, 0.29) is 34.7 Å². The molecule has 0 radical (unpaired) electrons. The summed E-state index contributed by atoms with van der Waals surface area (Å²) in [7, 11) is -4.33. The molecule has 42 heavy (non-hydrogen) atoms. The van der Waals surface area contributed by atoms with Gasteiger partial charge in [-0.1, -0.05) is 50.0 Å². The molecule has 5 atom stereocenters. The second kappa shape index (κ2) is 12.5. The first-order valence-electron chi connectivity index (χ1n) is 14.3. The zero-order valence-electron chi connectivity index (χ0n) is 24.1. The summed E-state index contributed by atoms with van der Waals surface area (Å²) in [6.07, 6.45) is 4.52. The van der Waals surface area contributed by atoms with Gasteiger partial charge in [-0.2, -0.15) is 0 Å². The SMILES string of the molecule is C=C[C@@H]1C[C@]1(NC(=O)[C@@H]1CCCN1C(=O)C(NC(=O)OC1CCCC1)C(C)(C)C)P(=O)(O)Cc1c(F)ccc(Cl)c1Cl. The topological polar surface area (TPSA) is 125 Å².